The Labute approximate surface area is 174 Å². The van der Waals surface area contributed by atoms with Crippen LogP contribution in [0, 0.1) is 6.92 Å². The molecule has 6 heteroatoms. The zero-order chi connectivity index (χ0) is 20.5. The van der Waals surface area contributed by atoms with Crippen LogP contribution in [0.2, 0.25) is 5.02 Å². The smallest absolute Gasteiger partial charge is 0.248 e. The lowest BCUT2D eigenvalue weighted by Gasteiger charge is -2.17. The molecule has 0 saturated carbocycles. The molecule has 148 valence electrons. The number of aromatic nitrogens is 1. The van der Waals surface area contributed by atoms with Crippen molar-refractivity contribution in [1.29, 1.82) is 0 Å². The lowest BCUT2D eigenvalue weighted by Crippen LogP contribution is -2.19. The first-order chi connectivity index (χ1) is 14.0. The number of benzene rings is 2. The fraction of sp³-hybridized carbons (Fsp3) is 0.217. The van der Waals surface area contributed by atoms with E-state index < -0.39 is 0 Å². The molecule has 0 fully saturated rings. The Bertz CT molecular complexity index is 1160. The average Bonchev–Trinajstić information content (AvgIpc) is 2.96. The Kier molecular flexibility index (Phi) is 5.16. The molecule has 0 radical (unpaired) electrons. The van der Waals surface area contributed by atoms with Crippen LogP contribution in [0.15, 0.2) is 42.5 Å². The Morgan fingerprint density at radius 3 is 2.86 bits per heavy atom. The minimum Gasteiger partial charge on any atom is -0.341 e. The van der Waals surface area contributed by atoms with E-state index in [1.807, 2.05) is 43.3 Å². The highest BCUT2D eigenvalue weighted by Crippen LogP contribution is 2.29. The number of hydrogen-bond donors (Lipinski definition) is 2. The van der Waals surface area contributed by atoms with Crippen LogP contribution in [0.5, 0.6) is 0 Å². The Morgan fingerprint density at radius 1 is 1.24 bits per heavy atom. The lowest BCUT2D eigenvalue weighted by atomic mass is 10.0. The van der Waals surface area contributed by atoms with Crippen molar-refractivity contribution in [2.45, 2.75) is 33.2 Å². The quantitative estimate of drug-likeness (QED) is 0.587. The average molecular weight is 408 g/mol. The van der Waals surface area contributed by atoms with Gasteiger partial charge in [0.2, 0.25) is 11.8 Å². The third-order valence-electron chi connectivity index (χ3n) is 5.31. The number of fused-ring (bicyclic) bond motifs is 2. The maximum absolute atomic E-state index is 12.5. The fourth-order valence-electron chi connectivity index (χ4n) is 3.86. The largest absolute Gasteiger partial charge is 0.341 e. The zero-order valence-corrected chi connectivity index (χ0v) is 17.1. The van der Waals surface area contributed by atoms with E-state index in [4.69, 9.17) is 11.6 Å². The molecule has 3 aromatic rings. The molecule has 2 heterocycles. The van der Waals surface area contributed by atoms with Crippen LogP contribution in [0.1, 0.15) is 30.2 Å². The summed E-state index contributed by atoms with van der Waals surface area (Å²) in [4.78, 5) is 24.1. The number of rotatable bonds is 4. The molecular formula is C23H22ClN3O2. The van der Waals surface area contributed by atoms with Gasteiger partial charge in [-0.15, -0.1) is 0 Å². The minimum atomic E-state index is -0.225. The number of carbonyl (C=O) groups is 2. The van der Waals surface area contributed by atoms with Crippen LogP contribution < -0.4 is 10.6 Å². The molecule has 2 amide bonds. The number of anilines is 2. The first-order valence-electron chi connectivity index (χ1n) is 9.66. The SMILES string of the molecule is CCn1c(/C=C/C(=O)Nc2ccc3c(c2)NC(=O)CC3)c(C)c2cc(Cl)ccc21. The molecule has 0 atom stereocenters. The van der Waals surface area contributed by atoms with E-state index in [0.29, 0.717) is 17.1 Å². The molecule has 1 aromatic heterocycles. The van der Waals surface area contributed by atoms with Crippen molar-refractivity contribution < 1.29 is 9.59 Å². The van der Waals surface area contributed by atoms with Crippen LogP contribution >= 0.6 is 11.6 Å². The van der Waals surface area contributed by atoms with E-state index in [9.17, 15) is 9.59 Å². The molecule has 0 aliphatic carbocycles. The standard InChI is InChI=1S/C23H22ClN3O2/c1-3-27-20(14(2)18-12-16(24)6-8-21(18)27)9-11-22(28)25-17-7-4-15-5-10-23(29)26-19(15)13-17/h4,6-9,11-13H,3,5,10H2,1-2H3,(H,25,28)(H,26,29)/b11-9+. The van der Waals surface area contributed by atoms with Gasteiger partial charge in [-0.2, -0.15) is 0 Å². The summed E-state index contributed by atoms with van der Waals surface area (Å²) >= 11 is 6.16. The third-order valence-corrected chi connectivity index (χ3v) is 5.55. The van der Waals surface area contributed by atoms with E-state index in [2.05, 4.69) is 22.1 Å². The van der Waals surface area contributed by atoms with Gasteiger partial charge in [0.1, 0.15) is 0 Å². The van der Waals surface area contributed by atoms with Gasteiger partial charge in [0.25, 0.3) is 0 Å². The summed E-state index contributed by atoms with van der Waals surface area (Å²) in [5, 5.41) is 7.50. The molecular weight excluding hydrogens is 386 g/mol. The summed E-state index contributed by atoms with van der Waals surface area (Å²) in [7, 11) is 0. The lowest BCUT2D eigenvalue weighted by molar-refractivity contribution is -0.116. The first-order valence-corrected chi connectivity index (χ1v) is 10.0. The third kappa shape index (κ3) is 3.78. The van der Waals surface area contributed by atoms with Crippen molar-refractivity contribution in [2.24, 2.45) is 0 Å². The molecule has 4 rings (SSSR count). The summed E-state index contributed by atoms with van der Waals surface area (Å²) in [6.07, 6.45) is 4.59. The van der Waals surface area contributed by atoms with Crippen molar-refractivity contribution in [3.8, 4) is 0 Å². The minimum absolute atomic E-state index is 0.00356. The highest BCUT2D eigenvalue weighted by Gasteiger charge is 2.15. The van der Waals surface area contributed by atoms with Crippen molar-refractivity contribution >= 4 is 51.8 Å². The topological polar surface area (TPSA) is 63.1 Å². The van der Waals surface area contributed by atoms with Gasteiger partial charge in [-0.25, -0.2) is 0 Å². The number of amides is 2. The Balaban J connectivity index is 1.57. The first kappa shape index (κ1) is 19.3. The normalized spacial score (nSPS) is 13.6. The van der Waals surface area contributed by atoms with Gasteiger partial charge in [-0.1, -0.05) is 17.7 Å². The summed E-state index contributed by atoms with van der Waals surface area (Å²) in [6, 6.07) is 11.4. The number of carbonyl (C=O) groups excluding carboxylic acids is 2. The molecule has 0 spiro atoms. The van der Waals surface area contributed by atoms with Crippen LogP contribution in [-0.4, -0.2) is 16.4 Å². The maximum Gasteiger partial charge on any atom is 0.248 e. The molecule has 29 heavy (non-hydrogen) atoms. The highest BCUT2D eigenvalue weighted by molar-refractivity contribution is 6.31. The van der Waals surface area contributed by atoms with Crippen LogP contribution in [-0.2, 0) is 22.6 Å². The molecule has 1 aliphatic heterocycles. The van der Waals surface area contributed by atoms with Gasteiger partial charge >= 0.3 is 0 Å². The van der Waals surface area contributed by atoms with E-state index in [1.165, 1.54) is 6.08 Å². The summed E-state index contributed by atoms with van der Waals surface area (Å²) in [6.45, 7) is 4.90. The Hall–Kier alpha value is -3.05. The second kappa shape index (κ2) is 7.76. The molecule has 0 unspecified atom stereocenters. The second-order valence-corrected chi connectivity index (χ2v) is 7.60. The van der Waals surface area contributed by atoms with Gasteiger partial charge in [-0.3, -0.25) is 9.59 Å². The maximum atomic E-state index is 12.5. The van der Waals surface area contributed by atoms with Crippen molar-refractivity contribution in [3.05, 3.63) is 64.3 Å². The monoisotopic (exact) mass is 407 g/mol. The number of hydrogen-bond acceptors (Lipinski definition) is 2. The molecule has 0 saturated heterocycles. The predicted molar refractivity (Wildman–Crippen MR) is 118 cm³/mol. The number of aryl methyl sites for hydroxylation is 3. The summed E-state index contributed by atoms with van der Waals surface area (Å²) in [5.74, 6) is -0.221. The van der Waals surface area contributed by atoms with Crippen molar-refractivity contribution in [1.82, 2.24) is 4.57 Å². The van der Waals surface area contributed by atoms with E-state index in [-0.39, 0.29) is 11.8 Å². The van der Waals surface area contributed by atoms with Crippen molar-refractivity contribution in [3.63, 3.8) is 0 Å². The van der Waals surface area contributed by atoms with Crippen LogP contribution in [0.4, 0.5) is 11.4 Å². The van der Waals surface area contributed by atoms with E-state index in [0.717, 1.165) is 46.4 Å². The van der Waals surface area contributed by atoms with E-state index >= 15 is 0 Å². The molecule has 5 nitrogen and oxygen atoms in total. The van der Waals surface area contributed by atoms with Gasteiger partial charge in [0.15, 0.2) is 0 Å². The van der Waals surface area contributed by atoms with Crippen molar-refractivity contribution in [2.75, 3.05) is 10.6 Å². The molecule has 0 bridgehead atoms. The molecule has 2 aromatic carbocycles. The predicted octanol–water partition coefficient (Wildman–Crippen LogP) is 5.16. The van der Waals surface area contributed by atoms with Gasteiger partial charge in [-0.05, 0) is 67.8 Å². The van der Waals surface area contributed by atoms with Crippen LogP contribution in [0.25, 0.3) is 17.0 Å². The van der Waals surface area contributed by atoms with Gasteiger partial charge < -0.3 is 15.2 Å². The van der Waals surface area contributed by atoms with Gasteiger partial charge in [0, 0.05) is 52.0 Å². The van der Waals surface area contributed by atoms with Gasteiger partial charge in [0.05, 0.1) is 0 Å². The highest BCUT2D eigenvalue weighted by atomic mass is 35.5. The summed E-state index contributed by atoms with van der Waals surface area (Å²) < 4.78 is 2.17. The molecule has 2 N–H and O–H groups in total. The molecule has 1 aliphatic rings. The van der Waals surface area contributed by atoms with E-state index in [1.54, 1.807) is 6.07 Å². The number of nitrogens with one attached hydrogen (secondary N) is 2. The number of halogens is 1. The second-order valence-electron chi connectivity index (χ2n) is 7.16. The zero-order valence-electron chi connectivity index (χ0n) is 16.4. The Morgan fingerprint density at radius 2 is 2.07 bits per heavy atom. The number of nitrogens with zero attached hydrogens (tertiary/aromatic N) is 1. The fourth-order valence-corrected chi connectivity index (χ4v) is 4.03. The summed E-state index contributed by atoms with van der Waals surface area (Å²) in [5.41, 5.74) is 5.67. The van der Waals surface area contributed by atoms with Crippen LogP contribution in [0.3, 0.4) is 0 Å².